The van der Waals surface area contributed by atoms with Gasteiger partial charge in [0.2, 0.25) is 0 Å². The van der Waals surface area contributed by atoms with E-state index in [1.165, 1.54) is 60.8 Å². The second-order valence-electron chi connectivity index (χ2n) is 8.75. The largest absolute Gasteiger partial charge is 0.182 e. The maximum absolute atomic E-state index is 7.18. The lowest BCUT2D eigenvalue weighted by Gasteiger charge is -2.26. The average molecular weight is 407 g/mol. The summed E-state index contributed by atoms with van der Waals surface area (Å²) < 4.78 is 0. The van der Waals surface area contributed by atoms with E-state index in [0.717, 1.165) is 0 Å². The Morgan fingerprint density at radius 2 is 0.929 bits per heavy atom. The van der Waals surface area contributed by atoms with Gasteiger partial charge >= 0.3 is 0 Å². The molecular weight excluding hydrogens is 376 g/mol. The Bertz CT molecular complexity index is 933. The molecule has 0 aliphatic heterocycles. The van der Waals surface area contributed by atoms with Crippen LogP contribution in [0.15, 0.2) is 42.5 Å². The highest BCUT2D eigenvalue weighted by Crippen LogP contribution is 2.35. The summed E-state index contributed by atoms with van der Waals surface area (Å²) in [6.07, 6.45) is 0. The number of hydrogen-bond acceptors (Lipinski definition) is 0. The molecule has 0 N–H and O–H groups in total. The Morgan fingerprint density at radius 1 is 0.607 bits per heavy atom. The number of benzene rings is 3. The second-order valence-corrected chi connectivity index (χ2v) is 15.0. The van der Waals surface area contributed by atoms with Crippen LogP contribution in [0.3, 0.4) is 0 Å². The highest BCUT2D eigenvalue weighted by atomic mass is 35.6. The molecule has 0 saturated carbocycles. The summed E-state index contributed by atoms with van der Waals surface area (Å²) in [7, 11) is -2.13. The third-order valence-corrected chi connectivity index (χ3v) is 7.85. The molecule has 3 rings (SSSR count). The summed E-state index contributed by atoms with van der Waals surface area (Å²) in [5, 5.41) is 1.35. The molecule has 0 saturated heterocycles. The molecule has 3 aromatic carbocycles. The summed E-state index contributed by atoms with van der Waals surface area (Å²) >= 11 is 7.18. The van der Waals surface area contributed by atoms with Gasteiger partial charge in [0, 0.05) is 0 Å². The minimum absolute atomic E-state index is 1.30. The van der Waals surface area contributed by atoms with Crippen molar-refractivity contribution >= 4 is 23.6 Å². The van der Waals surface area contributed by atoms with Gasteiger partial charge in [0.05, 0.1) is 0 Å². The van der Waals surface area contributed by atoms with Crippen LogP contribution < -0.4 is 5.19 Å². The summed E-state index contributed by atoms with van der Waals surface area (Å²) in [5.74, 6) is 0. The third-order valence-electron chi connectivity index (χ3n) is 5.55. The standard InChI is InChI=1S/C26H31ClSi/c1-16-12-18(3)24(19(4)13-16)22-10-9-11-23(26(22)28(7,8)27)25-20(5)14-17(2)15-21(25)6/h9-15H,1-8H3. The van der Waals surface area contributed by atoms with Crippen molar-refractivity contribution in [3.05, 3.63) is 75.8 Å². The van der Waals surface area contributed by atoms with Gasteiger partial charge in [0.25, 0.3) is 0 Å². The molecule has 0 aromatic heterocycles. The second kappa shape index (κ2) is 7.53. The molecule has 0 atom stereocenters. The smallest absolute Gasteiger partial charge is 0.161 e. The minimum Gasteiger partial charge on any atom is -0.161 e. The van der Waals surface area contributed by atoms with Crippen molar-refractivity contribution in [3.8, 4) is 22.3 Å². The lowest BCUT2D eigenvalue weighted by molar-refractivity contribution is 1.31. The molecule has 3 aromatic rings. The maximum atomic E-state index is 7.18. The lowest BCUT2D eigenvalue weighted by Crippen LogP contribution is -2.38. The van der Waals surface area contributed by atoms with Gasteiger partial charge in [-0.3, -0.25) is 0 Å². The van der Waals surface area contributed by atoms with Crippen molar-refractivity contribution < 1.29 is 0 Å². The van der Waals surface area contributed by atoms with Gasteiger partial charge in [0.1, 0.15) is 0 Å². The number of hydrogen-bond donors (Lipinski definition) is 0. The lowest BCUT2D eigenvalue weighted by atomic mass is 9.89. The minimum atomic E-state index is -2.13. The Labute approximate surface area is 176 Å². The fraction of sp³-hybridized carbons (Fsp3) is 0.308. The van der Waals surface area contributed by atoms with Crippen LogP contribution in [0.1, 0.15) is 33.4 Å². The van der Waals surface area contributed by atoms with Crippen molar-refractivity contribution in [1.82, 2.24) is 0 Å². The van der Waals surface area contributed by atoms with Crippen LogP contribution in [0.25, 0.3) is 22.3 Å². The van der Waals surface area contributed by atoms with Crippen molar-refractivity contribution in [2.75, 3.05) is 0 Å². The zero-order valence-corrected chi connectivity index (χ0v) is 20.2. The van der Waals surface area contributed by atoms with Gasteiger partial charge < -0.3 is 0 Å². The van der Waals surface area contributed by atoms with Crippen LogP contribution in [0.5, 0.6) is 0 Å². The van der Waals surface area contributed by atoms with Crippen molar-refractivity contribution in [2.45, 2.75) is 54.6 Å². The van der Waals surface area contributed by atoms with Gasteiger partial charge in [-0.15, -0.1) is 0 Å². The van der Waals surface area contributed by atoms with Crippen LogP contribution in [0, 0.1) is 41.5 Å². The van der Waals surface area contributed by atoms with E-state index in [9.17, 15) is 0 Å². The van der Waals surface area contributed by atoms with Crippen LogP contribution in [0.2, 0.25) is 13.1 Å². The Hall–Kier alpha value is -1.83. The molecule has 0 nitrogen and oxygen atoms in total. The summed E-state index contributed by atoms with van der Waals surface area (Å²) in [6, 6.07) is 15.9. The van der Waals surface area contributed by atoms with E-state index >= 15 is 0 Å². The van der Waals surface area contributed by atoms with Crippen LogP contribution >= 0.6 is 11.1 Å². The van der Waals surface area contributed by atoms with Gasteiger partial charge in [-0.25, -0.2) is 0 Å². The maximum Gasteiger partial charge on any atom is 0.182 e. The molecule has 146 valence electrons. The first-order valence-electron chi connectivity index (χ1n) is 9.99. The van der Waals surface area contributed by atoms with E-state index in [1.807, 2.05) is 0 Å². The normalized spacial score (nSPS) is 11.8. The molecule has 0 amide bonds. The van der Waals surface area contributed by atoms with Gasteiger partial charge in [0.15, 0.2) is 7.38 Å². The van der Waals surface area contributed by atoms with Crippen LogP contribution in [-0.4, -0.2) is 7.38 Å². The Balaban J connectivity index is 2.43. The Kier molecular flexibility index (Phi) is 5.62. The summed E-state index contributed by atoms with van der Waals surface area (Å²) in [4.78, 5) is 0. The fourth-order valence-corrected chi connectivity index (χ4v) is 7.13. The number of rotatable bonds is 3. The van der Waals surface area contributed by atoms with Crippen molar-refractivity contribution in [1.29, 1.82) is 0 Å². The van der Waals surface area contributed by atoms with E-state index in [1.54, 1.807) is 0 Å². The molecule has 0 bridgehead atoms. The van der Waals surface area contributed by atoms with Gasteiger partial charge in [-0.2, -0.15) is 11.1 Å². The van der Waals surface area contributed by atoms with Gasteiger partial charge in [-0.05, 0) is 91.2 Å². The van der Waals surface area contributed by atoms with E-state index in [-0.39, 0.29) is 0 Å². The van der Waals surface area contributed by atoms with Crippen LogP contribution in [0.4, 0.5) is 0 Å². The first kappa shape index (κ1) is 20.9. The predicted molar refractivity (Wildman–Crippen MR) is 129 cm³/mol. The van der Waals surface area contributed by atoms with E-state index in [4.69, 9.17) is 11.1 Å². The molecule has 0 aliphatic carbocycles. The quantitative estimate of drug-likeness (QED) is 0.311. The fourth-order valence-electron chi connectivity index (χ4n) is 4.82. The van der Waals surface area contributed by atoms with E-state index < -0.39 is 7.38 Å². The number of aryl methyl sites for hydroxylation is 6. The molecule has 0 fully saturated rings. The molecule has 0 aliphatic rings. The molecular formula is C26H31ClSi. The van der Waals surface area contributed by atoms with E-state index in [0.29, 0.717) is 0 Å². The predicted octanol–water partition coefficient (Wildman–Crippen LogP) is 7.52. The molecule has 0 heterocycles. The molecule has 0 unspecified atom stereocenters. The molecule has 28 heavy (non-hydrogen) atoms. The molecule has 0 radical (unpaired) electrons. The zero-order chi connectivity index (χ0) is 20.8. The highest BCUT2D eigenvalue weighted by Gasteiger charge is 2.29. The van der Waals surface area contributed by atoms with Gasteiger partial charge in [-0.1, -0.05) is 66.7 Å². The van der Waals surface area contributed by atoms with Crippen LogP contribution in [-0.2, 0) is 0 Å². The summed E-state index contributed by atoms with van der Waals surface area (Å²) in [5.41, 5.74) is 13.2. The van der Waals surface area contributed by atoms with Crippen molar-refractivity contribution in [3.63, 3.8) is 0 Å². The average Bonchev–Trinajstić information content (AvgIpc) is 2.51. The highest BCUT2D eigenvalue weighted by molar-refractivity contribution is 7.27. The SMILES string of the molecule is Cc1cc(C)c(-c2cccc(-c3c(C)cc(C)cc3C)c2[Si](C)(C)Cl)c(C)c1. The monoisotopic (exact) mass is 406 g/mol. The molecule has 2 heteroatoms. The molecule has 0 spiro atoms. The first-order chi connectivity index (χ1) is 13.0. The van der Waals surface area contributed by atoms with E-state index in [2.05, 4.69) is 97.1 Å². The zero-order valence-electron chi connectivity index (χ0n) is 18.4. The number of halogens is 1. The summed E-state index contributed by atoms with van der Waals surface area (Å²) in [6.45, 7) is 17.7. The third kappa shape index (κ3) is 3.83. The Morgan fingerprint density at radius 3 is 1.21 bits per heavy atom. The van der Waals surface area contributed by atoms with Crippen molar-refractivity contribution in [2.24, 2.45) is 0 Å². The topological polar surface area (TPSA) is 0 Å². The first-order valence-corrected chi connectivity index (χ1v) is 14.0.